The molecule has 34 heavy (non-hydrogen) atoms. The molecule has 0 radical (unpaired) electrons. The first-order valence-corrected chi connectivity index (χ1v) is 12.4. The first kappa shape index (κ1) is 24.8. The largest absolute Gasteiger partial charge is 0.497 e. The standard InChI is InChI=1S/C26H30Cl2N2O4/c1-5-6-18-14-29-10-9-16-11-19(33-3)13-22(34-4)23(16)24(29)15(2)30(18)26(32)25(31)17-7-8-20(27)21(28)12-17/h7-8,11-13,15,18,24H,5-6,9-10,14H2,1-4H3. The molecule has 1 saturated heterocycles. The predicted octanol–water partition coefficient (Wildman–Crippen LogP) is 5.19. The number of nitrogens with zero attached hydrogens (tertiary/aromatic N) is 2. The number of halogens is 2. The number of fused-ring (bicyclic) bond motifs is 3. The van der Waals surface area contributed by atoms with E-state index in [1.807, 2.05) is 19.1 Å². The number of ether oxygens (including phenoxy) is 2. The van der Waals surface area contributed by atoms with E-state index >= 15 is 0 Å². The van der Waals surface area contributed by atoms with Crippen molar-refractivity contribution in [2.75, 3.05) is 27.3 Å². The van der Waals surface area contributed by atoms with Crippen LogP contribution in [0.3, 0.4) is 0 Å². The molecule has 0 N–H and O–H groups in total. The van der Waals surface area contributed by atoms with Gasteiger partial charge in [0.25, 0.3) is 5.91 Å². The summed E-state index contributed by atoms with van der Waals surface area (Å²) in [6.45, 7) is 5.71. The van der Waals surface area contributed by atoms with E-state index in [4.69, 9.17) is 32.7 Å². The number of benzene rings is 2. The van der Waals surface area contributed by atoms with E-state index in [0.29, 0.717) is 11.6 Å². The molecule has 0 saturated carbocycles. The van der Waals surface area contributed by atoms with Gasteiger partial charge < -0.3 is 14.4 Å². The quantitative estimate of drug-likeness (QED) is 0.400. The average molecular weight is 505 g/mol. The summed E-state index contributed by atoms with van der Waals surface area (Å²) in [5.41, 5.74) is 2.47. The van der Waals surface area contributed by atoms with Gasteiger partial charge in [-0.1, -0.05) is 36.5 Å². The molecule has 6 nitrogen and oxygen atoms in total. The average Bonchev–Trinajstić information content (AvgIpc) is 2.84. The van der Waals surface area contributed by atoms with Crippen LogP contribution in [-0.4, -0.2) is 60.9 Å². The van der Waals surface area contributed by atoms with Crippen LogP contribution in [0.5, 0.6) is 11.5 Å². The molecule has 8 heteroatoms. The molecule has 0 spiro atoms. The van der Waals surface area contributed by atoms with Gasteiger partial charge in [0.1, 0.15) is 11.5 Å². The molecule has 2 aromatic rings. The normalized spacial score (nSPS) is 22.1. The van der Waals surface area contributed by atoms with Crippen molar-refractivity contribution in [1.29, 1.82) is 0 Å². The second kappa shape index (κ2) is 10.1. The number of Topliss-reactive ketones (excluding diaryl/α,β-unsaturated/α-hetero) is 1. The zero-order valence-corrected chi connectivity index (χ0v) is 21.4. The number of ketones is 1. The van der Waals surface area contributed by atoms with E-state index in [-0.39, 0.29) is 28.7 Å². The number of rotatable bonds is 6. The van der Waals surface area contributed by atoms with Gasteiger partial charge in [-0.3, -0.25) is 14.5 Å². The monoisotopic (exact) mass is 504 g/mol. The first-order chi connectivity index (χ1) is 16.3. The fraction of sp³-hybridized carbons (Fsp3) is 0.462. The molecule has 2 aliphatic rings. The van der Waals surface area contributed by atoms with Gasteiger partial charge in [-0.05, 0) is 49.6 Å². The molecular weight excluding hydrogens is 475 g/mol. The van der Waals surface area contributed by atoms with Crippen molar-refractivity contribution in [2.45, 2.75) is 51.2 Å². The van der Waals surface area contributed by atoms with Crippen molar-refractivity contribution >= 4 is 34.9 Å². The zero-order valence-electron chi connectivity index (χ0n) is 19.9. The van der Waals surface area contributed by atoms with Gasteiger partial charge in [0.2, 0.25) is 5.78 Å². The summed E-state index contributed by atoms with van der Waals surface area (Å²) in [5, 5.41) is 0.598. The Morgan fingerprint density at radius 3 is 2.50 bits per heavy atom. The lowest BCUT2D eigenvalue weighted by atomic mass is 9.83. The minimum Gasteiger partial charge on any atom is -0.497 e. The highest BCUT2D eigenvalue weighted by molar-refractivity contribution is 6.45. The van der Waals surface area contributed by atoms with Crippen molar-refractivity contribution in [1.82, 2.24) is 9.80 Å². The molecule has 0 bridgehead atoms. The van der Waals surface area contributed by atoms with Gasteiger partial charge in [0.05, 0.1) is 30.3 Å². The van der Waals surface area contributed by atoms with Crippen molar-refractivity contribution in [3.05, 3.63) is 57.1 Å². The molecule has 0 aromatic heterocycles. The molecule has 1 amide bonds. The summed E-state index contributed by atoms with van der Waals surface area (Å²) in [7, 11) is 3.29. The first-order valence-electron chi connectivity index (χ1n) is 11.6. The van der Waals surface area contributed by atoms with Crippen LogP contribution in [-0.2, 0) is 11.2 Å². The number of hydrogen-bond donors (Lipinski definition) is 0. The fourth-order valence-corrected chi connectivity index (χ4v) is 5.76. The Hall–Kier alpha value is -2.28. The Morgan fingerprint density at radius 1 is 1.09 bits per heavy atom. The van der Waals surface area contributed by atoms with Crippen molar-refractivity contribution in [3.8, 4) is 11.5 Å². The second-order valence-corrected chi connectivity index (χ2v) is 9.76. The van der Waals surface area contributed by atoms with E-state index in [1.54, 1.807) is 31.3 Å². The van der Waals surface area contributed by atoms with Crippen molar-refractivity contribution in [3.63, 3.8) is 0 Å². The number of amides is 1. The third-order valence-electron chi connectivity index (χ3n) is 6.98. The zero-order chi connectivity index (χ0) is 24.6. The smallest absolute Gasteiger partial charge is 0.295 e. The van der Waals surface area contributed by atoms with E-state index in [9.17, 15) is 9.59 Å². The maximum atomic E-state index is 13.7. The molecule has 4 rings (SSSR count). The second-order valence-electron chi connectivity index (χ2n) is 8.95. The van der Waals surface area contributed by atoms with Crippen LogP contribution >= 0.6 is 23.2 Å². The van der Waals surface area contributed by atoms with Crippen LogP contribution < -0.4 is 9.47 Å². The Kier molecular flexibility index (Phi) is 7.41. The summed E-state index contributed by atoms with van der Waals surface area (Å²) in [5.74, 6) is 0.411. The van der Waals surface area contributed by atoms with Gasteiger partial charge in [0.15, 0.2) is 0 Å². The molecular formula is C26H30Cl2N2O4. The third-order valence-corrected chi connectivity index (χ3v) is 7.72. The molecule has 1 fully saturated rings. The number of piperazine rings is 1. The Labute approximate surface area is 210 Å². The van der Waals surface area contributed by atoms with Crippen molar-refractivity contribution in [2.24, 2.45) is 0 Å². The number of carbonyl (C=O) groups is 2. The minimum atomic E-state index is -0.572. The van der Waals surface area contributed by atoms with Gasteiger partial charge in [-0.2, -0.15) is 0 Å². The summed E-state index contributed by atoms with van der Waals surface area (Å²) >= 11 is 12.1. The molecule has 2 aliphatic heterocycles. The molecule has 2 heterocycles. The summed E-state index contributed by atoms with van der Waals surface area (Å²) in [6, 6.07) is 8.13. The SMILES string of the molecule is CCCC1CN2CCc3cc(OC)cc(OC)c3C2C(C)N1C(=O)C(=O)c1ccc(Cl)c(Cl)c1. The predicted molar refractivity (Wildman–Crippen MR) is 133 cm³/mol. The van der Waals surface area contributed by atoms with Crippen LogP contribution in [0.25, 0.3) is 0 Å². The molecule has 3 atom stereocenters. The Morgan fingerprint density at radius 2 is 1.85 bits per heavy atom. The van der Waals surface area contributed by atoms with Crippen LogP contribution in [0, 0.1) is 0 Å². The topological polar surface area (TPSA) is 59.1 Å². The van der Waals surface area contributed by atoms with Crippen LogP contribution in [0.4, 0.5) is 0 Å². The highest BCUT2D eigenvalue weighted by atomic mass is 35.5. The highest BCUT2D eigenvalue weighted by Crippen LogP contribution is 2.45. The number of hydrogen-bond acceptors (Lipinski definition) is 5. The summed E-state index contributed by atoms with van der Waals surface area (Å²) in [4.78, 5) is 31.1. The molecule has 182 valence electrons. The fourth-order valence-electron chi connectivity index (χ4n) is 5.46. The van der Waals surface area contributed by atoms with E-state index in [2.05, 4.69) is 11.8 Å². The maximum Gasteiger partial charge on any atom is 0.295 e. The van der Waals surface area contributed by atoms with Gasteiger partial charge >= 0.3 is 0 Å². The number of methoxy groups -OCH3 is 2. The van der Waals surface area contributed by atoms with E-state index in [0.717, 1.165) is 48.4 Å². The van der Waals surface area contributed by atoms with E-state index in [1.165, 1.54) is 6.07 Å². The van der Waals surface area contributed by atoms with Gasteiger partial charge in [-0.25, -0.2) is 0 Å². The maximum absolute atomic E-state index is 13.7. The molecule has 0 aliphatic carbocycles. The Balaban J connectivity index is 1.74. The lowest BCUT2D eigenvalue weighted by Crippen LogP contribution is -2.63. The lowest BCUT2D eigenvalue weighted by Gasteiger charge is -2.53. The summed E-state index contributed by atoms with van der Waals surface area (Å²) in [6.07, 6.45) is 2.61. The van der Waals surface area contributed by atoms with Crippen molar-refractivity contribution < 1.29 is 19.1 Å². The van der Waals surface area contributed by atoms with Crippen LogP contribution in [0.15, 0.2) is 30.3 Å². The highest BCUT2D eigenvalue weighted by Gasteiger charge is 2.46. The third kappa shape index (κ3) is 4.39. The van der Waals surface area contributed by atoms with Gasteiger partial charge in [-0.15, -0.1) is 0 Å². The minimum absolute atomic E-state index is 0.0544. The van der Waals surface area contributed by atoms with E-state index < -0.39 is 11.7 Å². The van der Waals surface area contributed by atoms with Crippen LogP contribution in [0.2, 0.25) is 10.0 Å². The summed E-state index contributed by atoms with van der Waals surface area (Å²) < 4.78 is 11.2. The molecule has 2 aromatic carbocycles. The molecule has 3 unspecified atom stereocenters. The lowest BCUT2D eigenvalue weighted by molar-refractivity contribution is -0.138. The number of carbonyl (C=O) groups excluding carboxylic acids is 2. The Bertz CT molecular complexity index is 1090. The van der Waals surface area contributed by atoms with Gasteiger partial charge in [0, 0.05) is 42.4 Å². The van der Waals surface area contributed by atoms with Crippen LogP contribution in [0.1, 0.15) is 54.2 Å².